The van der Waals surface area contributed by atoms with Crippen LogP contribution in [0.25, 0.3) is 0 Å². The van der Waals surface area contributed by atoms with Gasteiger partial charge in [0.15, 0.2) is 11.6 Å². The molecular weight excluding hydrogens is 294 g/mol. The van der Waals surface area contributed by atoms with Gasteiger partial charge in [0.05, 0.1) is 11.7 Å². The highest BCUT2D eigenvalue weighted by Gasteiger charge is 2.18. The maximum absolute atomic E-state index is 14.0. The van der Waals surface area contributed by atoms with E-state index in [9.17, 15) is 8.78 Å². The Morgan fingerprint density at radius 1 is 1.29 bits per heavy atom. The molecule has 3 N–H and O–H groups in total. The predicted molar refractivity (Wildman–Crippen MR) is 82.5 cm³/mol. The van der Waals surface area contributed by atoms with Crippen molar-refractivity contribution in [3.63, 3.8) is 0 Å². The smallest absolute Gasteiger partial charge is 0.182 e. The quantitative estimate of drug-likeness (QED) is 0.839. The molecule has 0 aliphatic rings. The molecule has 2 aromatic rings. The van der Waals surface area contributed by atoms with Crippen molar-refractivity contribution in [2.75, 3.05) is 5.32 Å². The first-order valence-electron chi connectivity index (χ1n) is 6.42. The van der Waals surface area contributed by atoms with Crippen LogP contribution in [-0.2, 0) is 0 Å². The zero-order valence-electron chi connectivity index (χ0n) is 12.0. The number of hydrogen-bond donors (Lipinski definition) is 2. The van der Waals surface area contributed by atoms with Crippen molar-refractivity contribution in [3.05, 3.63) is 52.5 Å². The van der Waals surface area contributed by atoms with Crippen molar-refractivity contribution in [1.29, 1.82) is 0 Å². The standard InChI is InChI=1S/C15H16F2N2OS/c1-7-6-11(9(3)20-7)8(2)19-12-5-4-10(15(18)21)13(16)14(12)17/h4-6,8,19H,1-3H3,(H2,18,21). The first-order chi connectivity index (χ1) is 9.81. The predicted octanol–water partition coefficient (Wildman–Crippen LogP) is 3.98. The van der Waals surface area contributed by atoms with Crippen molar-refractivity contribution in [2.45, 2.75) is 26.8 Å². The summed E-state index contributed by atoms with van der Waals surface area (Å²) in [6.07, 6.45) is 0. The SMILES string of the molecule is Cc1cc(C(C)Nc2ccc(C(N)=S)c(F)c2F)c(C)o1. The molecule has 2 rings (SSSR count). The summed E-state index contributed by atoms with van der Waals surface area (Å²) in [5, 5.41) is 2.93. The summed E-state index contributed by atoms with van der Waals surface area (Å²) in [6, 6.07) is 4.42. The van der Waals surface area contributed by atoms with E-state index >= 15 is 0 Å². The molecule has 0 saturated carbocycles. The van der Waals surface area contributed by atoms with Crippen LogP contribution in [0.15, 0.2) is 22.6 Å². The average Bonchev–Trinajstić information content (AvgIpc) is 2.74. The van der Waals surface area contributed by atoms with Gasteiger partial charge in [-0.15, -0.1) is 0 Å². The minimum absolute atomic E-state index is 0.0539. The van der Waals surface area contributed by atoms with Crippen molar-refractivity contribution >= 4 is 22.9 Å². The van der Waals surface area contributed by atoms with E-state index in [1.165, 1.54) is 12.1 Å². The zero-order valence-corrected chi connectivity index (χ0v) is 12.8. The van der Waals surface area contributed by atoms with Gasteiger partial charge in [-0.1, -0.05) is 12.2 Å². The normalized spacial score (nSPS) is 12.2. The molecule has 1 aromatic heterocycles. The Morgan fingerprint density at radius 3 is 2.48 bits per heavy atom. The number of nitrogens with one attached hydrogen (secondary N) is 1. The number of nitrogens with two attached hydrogens (primary N) is 1. The second-order valence-electron chi connectivity index (χ2n) is 4.89. The Morgan fingerprint density at radius 2 is 1.95 bits per heavy atom. The Balaban J connectivity index is 2.30. The summed E-state index contributed by atoms with van der Waals surface area (Å²) in [6.45, 7) is 5.50. The fourth-order valence-electron chi connectivity index (χ4n) is 2.24. The lowest BCUT2D eigenvalue weighted by molar-refractivity contribution is 0.498. The molecule has 0 amide bonds. The van der Waals surface area contributed by atoms with E-state index in [0.29, 0.717) is 0 Å². The number of aryl methyl sites for hydroxylation is 2. The summed E-state index contributed by atoms with van der Waals surface area (Å²) >= 11 is 4.67. The number of anilines is 1. The van der Waals surface area contributed by atoms with Gasteiger partial charge < -0.3 is 15.5 Å². The Kier molecular flexibility index (Phi) is 4.27. The molecule has 21 heavy (non-hydrogen) atoms. The van der Waals surface area contributed by atoms with Crippen molar-refractivity contribution in [3.8, 4) is 0 Å². The number of thiocarbonyl (C=S) groups is 1. The van der Waals surface area contributed by atoms with Crippen LogP contribution in [0.4, 0.5) is 14.5 Å². The monoisotopic (exact) mass is 310 g/mol. The third kappa shape index (κ3) is 3.05. The van der Waals surface area contributed by atoms with Crippen LogP contribution in [0.2, 0.25) is 0 Å². The Labute approximate surface area is 127 Å². The van der Waals surface area contributed by atoms with E-state index in [0.717, 1.165) is 17.1 Å². The van der Waals surface area contributed by atoms with Crippen LogP contribution in [0, 0.1) is 25.5 Å². The molecule has 0 spiro atoms. The van der Waals surface area contributed by atoms with Crippen LogP contribution in [0.3, 0.4) is 0 Å². The third-order valence-corrected chi connectivity index (χ3v) is 3.49. The fourth-order valence-corrected chi connectivity index (χ4v) is 2.40. The topological polar surface area (TPSA) is 51.2 Å². The van der Waals surface area contributed by atoms with Gasteiger partial charge in [-0.3, -0.25) is 0 Å². The molecule has 0 aliphatic carbocycles. The molecule has 0 radical (unpaired) electrons. The maximum atomic E-state index is 14.0. The van der Waals surface area contributed by atoms with Gasteiger partial charge in [0.1, 0.15) is 16.5 Å². The Bertz CT molecular complexity index is 697. The first kappa shape index (κ1) is 15.4. The molecule has 6 heteroatoms. The van der Waals surface area contributed by atoms with Gasteiger partial charge in [-0.25, -0.2) is 8.78 Å². The second-order valence-corrected chi connectivity index (χ2v) is 5.33. The van der Waals surface area contributed by atoms with E-state index < -0.39 is 11.6 Å². The lowest BCUT2D eigenvalue weighted by atomic mass is 10.1. The van der Waals surface area contributed by atoms with E-state index in [2.05, 4.69) is 17.5 Å². The summed E-state index contributed by atoms with van der Waals surface area (Å²) in [5.74, 6) is -0.524. The average molecular weight is 310 g/mol. The maximum Gasteiger partial charge on any atom is 0.182 e. The molecule has 3 nitrogen and oxygen atoms in total. The summed E-state index contributed by atoms with van der Waals surface area (Å²) in [5.41, 5.74) is 6.19. The largest absolute Gasteiger partial charge is 0.466 e. The number of furan rings is 1. The lowest BCUT2D eigenvalue weighted by Crippen LogP contribution is -2.15. The Hall–Kier alpha value is -1.95. The summed E-state index contributed by atoms with van der Waals surface area (Å²) in [7, 11) is 0. The van der Waals surface area contributed by atoms with Crippen LogP contribution in [0.5, 0.6) is 0 Å². The molecular formula is C15H16F2N2OS. The molecule has 1 aromatic carbocycles. The van der Waals surface area contributed by atoms with Crippen LogP contribution >= 0.6 is 12.2 Å². The van der Waals surface area contributed by atoms with Crippen molar-refractivity contribution < 1.29 is 13.2 Å². The van der Waals surface area contributed by atoms with E-state index in [1.54, 1.807) is 0 Å². The van der Waals surface area contributed by atoms with Gasteiger partial charge in [0, 0.05) is 11.1 Å². The third-order valence-electron chi connectivity index (χ3n) is 3.27. The molecule has 0 bridgehead atoms. The molecule has 1 heterocycles. The molecule has 0 aliphatic heterocycles. The number of halogens is 2. The highest BCUT2D eigenvalue weighted by molar-refractivity contribution is 7.80. The highest BCUT2D eigenvalue weighted by atomic mass is 32.1. The number of hydrogen-bond acceptors (Lipinski definition) is 3. The summed E-state index contributed by atoms with van der Waals surface area (Å²) < 4.78 is 33.3. The molecule has 0 fully saturated rings. The number of rotatable bonds is 4. The minimum atomic E-state index is -1.04. The van der Waals surface area contributed by atoms with Gasteiger partial charge in [-0.05, 0) is 39.0 Å². The highest BCUT2D eigenvalue weighted by Crippen LogP contribution is 2.28. The van der Waals surface area contributed by atoms with Crippen molar-refractivity contribution in [2.24, 2.45) is 5.73 Å². The van der Waals surface area contributed by atoms with Crippen LogP contribution in [-0.4, -0.2) is 4.99 Å². The van der Waals surface area contributed by atoms with Crippen molar-refractivity contribution in [1.82, 2.24) is 0 Å². The lowest BCUT2D eigenvalue weighted by Gasteiger charge is -2.16. The van der Waals surface area contributed by atoms with Gasteiger partial charge in [-0.2, -0.15) is 0 Å². The minimum Gasteiger partial charge on any atom is -0.466 e. The number of benzene rings is 1. The molecule has 0 saturated heterocycles. The molecule has 1 atom stereocenters. The van der Waals surface area contributed by atoms with Crippen LogP contribution in [0.1, 0.15) is 35.6 Å². The van der Waals surface area contributed by atoms with Gasteiger partial charge in [0.2, 0.25) is 0 Å². The zero-order chi connectivity index (χ0) is 15.7. The fraction of sp³-hybridized carbons (Fsp3) is 0.267. The van der Waals surface area contributed by atoms with Gasteiger partial charge in [0.25, 0.3) is 0 Å². The second kappa shape index (κ2) is 5.81. The first-order valence-corrected chi connectivity index (χ1v) is 6.83. The van der Waals surface area contributed by atoms with E-state index in [4.69, 9.17) is 10.2 Å². The van der Waals surface area contributed by atoms with Crippen LogP contribution < -0.4 is 11.1 Å². The van der Waals surface area contributed by atoms with E-state index in [1.807, 2.05) is 26.8 Å². The summed E-state index contributed by atoms with van der Waals surface area (Å²) in [4.78, 5) is -0.174. The van der Waals surface area contributed by atoms with Gasteiger partial charge >= 0.3 is 0 Å². The molecule has 1 unspecified atom stereocenters. The molecule has 112 valence electrons. The van der Waals surface area contributed by atoms with E-state index in [-0.39, 0.29) is 22.3 Å².